The lowest BCUT2D eigenvalue weighted by Crippen LogP contribution is -2.59. The van der Waals surface area contributed by atoms with Crippen LogP contribution >= 0.6 is 0 Å². The van der Waals surface area contributed by atoms with Gasteiger partial charge < -0.3 is 34.9 Å². The van der Waals surface area contributed by atoms with E-state index in [1.54, 1.807) is 13.2 Å². The topological polar surface area (TPSA) is 190 Å². The third-order valence-electron chi connectivity index (χ3n) is 13.4. The van der Waals surface area contributed by atoms with Gasteiger partial charge in [-0.05, 0) is 134 Å². The fourth-order valence-electron chi connectivity index (χ4n) is 9.44. The molecule has 3 aliphatic heterocycles. The summed E-state index contributed by atoms with van der Waals surface area (Å²) in [6.45, 7) is 4.94. The molecule has 5 fully saturated rings. The molecule has 0 unspecified atom stereocenters. The zero-order valence-corrected chi connectivity index (χ0v) is 34.0. The average molecular weight is 809 g/mol. The van der Waals surface area contributed by atoms with Crippen LogP contribution in [0.25, 0.3) is 10.8 Å². The summed E-state index contributed by atoms with van der Waals surface area (Å²) < 4.78 is 45.1. The van der Waals surface area contributed by atoms with E-state index < -0.39 is 62.3 Å². The van der Waals surface area contributed by atoms with Gasteiger partial charge in [-0.2, -0.15) is 0 Å². The molecule has 2 aromatic rings. The van der Waals surface area contributed by atoms with E-state index in [2.05, 4.69) is 35.3 Å². The average Bonchev–Trinajstić information content (AvgIpc) is 4.05. The Bertz CT molecular complexity index is 2040. The number of nitrogens with zero attached hydrogens (tertiary/aromatic N) is 1. The maximum atomic E-state index is 14.9. The number of nitrogens with one attached hydrogen (secondary N) is 3. The number of sulfonamides is 1. The van der Waals surface area contributed by atoms with E-state index in [0.29, 0.717) is 50.9 Å². The highest BCUT2D eigenvalue weighted by molar-refractivity contribution is 7.91. The first kappa shape index (κ1) is 39.9. The number of hydrogen-bond acceptors (Lipinski definition) is 10. The predicted molar refractivity (Wildman–Crippen MR) is 209 cm³/mol. The second-order valence-corrected chi connectivity index (χ2v) is 20.2. The number of ether oxygens (including phenoxy) is 3. The van der Waals surface area contributed by atoms with Gasteiger partial charge in [0, 0.05) is 19.6 Å². The Labute approximate surface area is 334 Å². The highest BCUT2D eigenvalue weighted by Gasteiger charge is 2.67. The van der Waals surface area contributed by atoms with Gasteiger partial charge in [0.05, 0.1) is 25.5 Å². The van der Waals surface area contributed by atoms with Crippen molar-refractivity contribution in [1.29, 1.82) is 0 Å². The number of amides is 4. The third kappa shape index (κ3) is 8.21. The minimum absolute atomic E-state index is 0.137. The number of fused-ring (bicyclic) bond motifs is 5. The molecular formula is C42H56N4O10S. The Morgan fingerprint density at radius 1 is 0.947 bits per heavy atom. The molecule has 3 saturated carbocycles. The molecule has 57 heavy (non-hydrogen) atoms. The van der Waals surface area contributed by atoms with Crippen LogP contribution in [0.5, 0.6) is 5.75 Å². The molecule has 8 rings (SSSR count). The number of hydrogen-bond donors (Lipinski definition) is 4. The molecule has 2 aromatic carbocycles. The van der Waals surface area contributed by atoms with E-state index in [4.69, 9.17) is 14.2 Å². The second-order valence-electron chi connectivity index (χ2n) is 18.2. The van der Waals surface area contributed by atoms with Crippen LogP contribution in [-0.2, 0) is 45.9 Å². The number of benzene rings is 2. The summed E-state index contributed by atoms with van der Waals surface area (Å²) in [7, 11) is -2.25. The molecular weight excluding hydrogens is 753 g/mol. The van der Waals surface area contributed by atoms with Crippen LogP contribution in [0, 0.1) is 23.2 Å². The van der Waals surface area contributed by atoms with E-state index >= 15 is 0 Å². The van der Waals surface area contributed by atoms with Gasteiger partial charge in [-0.3, -0.25) is 19.1 Å². The molecule has 3 aliphatic carbocycles. The van der Waals surface area contributed by atoms with Crippen molar-refractivity contribution in [1.82, 2.24) is 20.3 Å². The first-order valence-electron chi connectivity index (χ1n) is 20.6. The Hall–Kier alpha value is -3.95. The van der Waals surface area contributed by atoms with E-state index in [1.807, 2.05) is 18.2 Å². The predicted octanol–water partition coefficient (Wildman–Crippen LogP) is 3.80. The van der Waals surface area contributed by atoms with E-state index in [9.17, 15) is 32.7 Å². The standard InChI is InChI=1S/C42H56N4O10S/c1-40(2)14-4-5-28-19-29-20-30(9-8-27(29)21-34(28)54-3)41(51)23-33(46(24-41)37(48)35(26-12-16-55-17-13-26)43-39(50)56-18-15-40)36(47)44-42(22-32(42)25-6-7-25)38(49)45-57(52,53)31-10-11-31/h8-9,19-21,25-26,31-33,35,51H,4-7,10-18,22-24H2,1-3H3,(H,43,50)(H,44,47)(H,45,49)/t32-,33+,35+,41+,42-/m1/s1. The van der Waals surface area contributed by atoms with Crippen LogP contribution in [0.2, 0.25) is 0 Å². The molecule has 0 radical (unpaired) electrons. The quantitative estimate of drug-likeness (QED) is 0.305. The zero-order chi connectivity index (χ0) is 40.3. The Kier molecular flexibility index (Phi) is 10.5. The van der Waals surface area contributed by atoms with Crippen molar-refractivity contribution in [2.45, 2.75) is 119 Å². The van der Waals surface area contributed by atoms with E-state index in [-0.39, 0.29) is 49.2 Å². The number of cyclic esters (lactones) is 1. The summed E-state index contributed by atoms with van der Waals surface area (Å²) >= 11 is 0. The maximum Gasteiger partial charge on any atom is 0.407 e. The van der Waals surface area contributed by atoms with Crippen LogP contribution in [0.3, 0.4) is 0 Å². The van der Waals surface area contributed by atoms with Gasteiger partial charge in [-0.1, -0.05) is 26.0 Å². The Balaban J connectivity index is 1.16. The van der Waals surface area contributed by atoms with Gasteiger partial charge in [0.25, 0.3) is 5.91 Å². The molecule has 310 valence electrons. The molecule has 2 saturated heterocycles. The van der Waals surface area contributed by atoms with Crippen LogP contribution in [0.15, 0.2) is 30.3 Å². The van der Waals surface area contributed by atoms with Gasteiger partial charge in [-0.15, -0.1) is 0 Å². The minimum atomic E-state index is -3.89. The monoisotopic (exact) mass is 808 g/mol. The van der Waals surface area contributed by atoms with Crippen molar-refractivity contribution in [3.8, 4) is 5.75 Å². The van der Waals surface area contributed by atoms with Crippen LogP contribution < -0.4 is 20.1 Å². The van der Waals surface area contributed by atoms with Crippen molar-refractivity contribution < 1.29 is 46.9 Å². The molecule has 0 aromatic heterocycles. The summed E-state index contributed by atoms with van der Waals surface area (Å²) in [5, 5.41) is 19.5. The minimum Gasteiger partial charge on any atom is -0.496 e. The van der Waals surface area contributed by atoms with Crippen LogP contribution in [0.4, 0.5) is 4.79 Å². The molecule has 4 N–H and O–H groups in total. The fourth-order valence-corrected chi connectivity index (χ4v) is 10.8. The molecule has 15 heteroatoms. The van der Waals surface area contributed by atoms with E-state index in [1.165, 1.54) is 4.90 Å². The highest BCUT2D eigenvalue weighted by atomic mass is 32.2. The summed E-state index contributed by atoms with van der Waals surface area (Å²) in [6.07, 6.45) is 6.11. The fraction of sp³-hybridized carbons (Fsp3) is 0.667. The SMILES string of the molecule is COc1cc2ccc3cc2cc1CCCC(C)(C)CCOC(=O)N[C@@H](C1CCOCC1)C(=O)N1C[C@@]3(O)C[C@H]1C(=O)N[C@]1(C(=O)NS(=O)(=O)C2CC2)C[C@@H]1C1CC1. The molecule has 14 nitrogen and oxygen atoms in total. The highest BCUT2D eigenvalue weighted by Crippen LogP contribution is 2.57. The summed E-state index contributed by atoms with van der Waals surface area (Å²) in [4.78, 5) is 58.2. The molecule has 3 heterocycles. The van der Waals surface area contributed by atoms with Crippen molar-refractivity contribution in [2.75, 3.05) is 33.5 Å². The van der Waals surface area contributed by atoms with Crippen molar-refractivity contribution in [3.63, 3.8) is 0 Å². The Morgan fingerprint density at radius 2 is 1.70 bits per heavy atom. The summed E-state index contributed by atoms with van der Waals surface area (Å²) in [5.74, 6) is -1.60. The van der Waals surface area contributed by atoms with Gasteiger partial charge >= 0.3 is 6.09 Å². The van der Waals surface area contributed by atoms with Gasteiger partial charge in [-0.25, -0.2) is 13.2 Å². The summed E-state index contributed by atoms with van der Waals surface area (Å²) in [5.41, 5.74) is -1.75. The largest absolute Gasteiger partial charge is 0.496 e. The van der Waals surface area contributed by atoms with Gasteiger partial charge in [0.15, 0.2) is 0 Å². The first-order valence-corrected chi connectivity index (χ1v) is 22.2. The molecule has 6 aliphatic rings. The summed E-state index contributed by atoms with van der Waals surface area (Å²) in [6, 6.07) is 7.31. The lowest BCUT2D eigenvalue weighted by Gasteiger charge is -2.35. The zero-order valence-electron chi connectivity index (χ0n) is 33.1. The Morgan fingerprint density at radius 3 is 2.40 bits per heavy atom. The lowest BCUT2D eigenvalue weighted by molar-refractivity contribution is -0.143. The van der Waals surface area contributed by atoms with Crippen molar-refractivity contribution in [2.24, 2.45) is 23.2 Å². The van der Waals surface area contributed by atoms with Crippen molar-refractivity contribution in [3.05, 3.63) is 41.5 Å². The van der Waals surface area contributed by atoms with Gasteiger partial charge in [0.1, 0.15) is 29.0 Å². The number of aryl methyl sites for hydroxylation is 1. The number of carbonyl (C=O) groups is 4. The number of carbonyl (C=O) groups excluding carboxylic acids is 4. The molecule has 0 spiro atoms. The first-order chi connectivity index (χ1) is 27.1. The van der Waals surface area contributed by atoms with Crippen LogP contribution in [0.1, 0.15) is 95.6 Å². The van der Waals surface area contributed by atoms with E-state index in [0.717, 1.165) is 54.2 Å². The third-order valence-corrected chi connectivity index (χ3v) is 15.3. The van der Waals surface area contributed by atoms with Gasteiger partial charge in [0.2, 0.25) is 21.8 Å². The van der Waals surface area contributed by atoms with Crippen molar-refractivity contribution >= 4 is 44.6 Å². The smallest absolute Gasteiger partial charge is 0.407 e. The molecule has 4 amide bonds. The van der Waals surface area contributed by atoms with Crippen LogP contribution in [-0.4, -0.2) is 98.6 Å². The number of methoxy groups -OCH3 is 1. The molecule has 5 atom stereocenters. The molecule has 5 bridgehead atoms. The number of rotatable bonds is 8. The number of alkyl carbamates (subject to hydrolysis) is 1. The normalized spacial score (nSPS) is 31.2. The maximum absolute atomic E-state index is 14.9. The lowest BCUT2D eigenvalue weighted by atomic mass is 9.83. The number of aliphatic hydroxyl groups is 1. The second kappa shape index (κ2) is 15.0.